The molecule has 0 bridgehead atoms. The third-order valence-corrected chi connectivity index (χ3v) is 1.98. The maximum atomic E-state index is 10.9. The molecule has 0 aromatic carbocycles. The van der Waals surface area contributed by atoms with E-state index in [4.69, 9.17) is 9.52 Å². The standard InChI is InChI=1S/C10H10N4O3/c1-6-4-13-7(17-6)5-14-9-8(10(15)16)11-2-3-12-9/h2-4H,5H2,1H3,(H,12,14)(H,15,16). The van der Waals surface area contributed by atoms with Gasteiger partial charge in [-0.05, 0) is 6.92 Å². The van der Waals surface area contributed by atoms with Gasteiger partial charge in [0.25, 0.3) is 0 Å². The summed E-state index contributed by atoms with van der Waals surface area (Å²) >= 11 is 0. The van der Waals surface area contributed by atoms with Crippen LogP contribution in [0.1, 0.15) is 22.1 Å². The first-order valence-corrected chi connectivity index (χ1v) is 4.86. The summed E-state index contributed by atoms with van der Waals surface area (Å²) in [7, 11) is 0. The molecule has 17 heavy (non-hydrogen) atoms. The zero-order valence-electron chi connectivity index (χ0n) is 9.04. The van der Waals surface area contributed by atoms with E-state index in [0.717, 1.165) is 0 Å². The van der Waals surface area contributed by atoms with E-state index in [1.807, 2.05) is 0 Å². The average molecular weight is 234 g/mol. The predicted molar refractivity (Wildman–Crippen MR) is 57.6 cm³/mol. The first kappa shape index (κ1) is 11.1. The second-order valence-corrected chi connectivity index (χ2v) is 3.28. The van der Waals surface area contributed by atoms with Gasteiger partial charge in [-0.15, -0.1) is 0 Å². The predicted octanol–water partition coefficient (Wildman–Crippen LogP) is 1.08. The molecule has 2 heterocycles. The Labute approximate surface area is 96.5 Å². The number of aromatic nitrogens is 3. The summed E-state index contributed by atoms with van der Waals surface area (Å²) in [6.45, 7) is 2.04. The van der Waals surface area contributed by atoms with Crippen molar-refractivity contribution >= 4 is 11.8 Å². The first-order chi connectivity index (χ1) is 8.16. The minimum Gasteiger partial charge on any atom is -0.476 e. The summed E-state index contributed by atoms with van der Waals surface area (Å²) in [5, 5.41) is 11.7. The molecule has 0 fully saturated rings. The number of nitrogens with zero attached hydrogens (tertiary/aromatic N) is 3. The summed E-state index contributed by atoms with van der Waals surface area (Å²) in [5.41, 5.74) is -0.129. The topological polar surface area (TPSA) is 101 Å². The van der Waals surface area contributed by atoms with Gasteiger partial charge in [-0.25, -0.2) is 19.7 Å². The summed E-state index contributed by atoms with van der Waals surface area (Å²) in [5.74, 6) is 0.212. The molecule has 0 spiro atoms. The summed E-state index contributed by atoms with van der Waals surface area (Å²) in [4.78, 5) is 22.5. The van der Waals surface area contributed by atoms with Crippen molar-refractivity contribution in [1.29, 1.82) is 0 Å². The molecule has 7 heteroatoms. The molecule has 0 saturated heterocycles. The van der Waals surface area contributed by atoms with Crippen molar-refractivity contribution in [3.05, 3.63) is 35.9 Å². The summed E-state index contributed by atoms with van der Waals surface area (Å²) in [6.07, 6.45) is 4.32. The molecule has 0 aliphatic carbocycles. The van der Waals surface area contributed by atoms with E-state index in [1.54, 1.807) is 13.1 Å². The highest BCUT2D eigenvalue weighted by Gasteiger charge is 2.12. The number of nitrogens with one attached hydrogen (secondary N) is 1. The molecule has 2 N–H and O–H groups in total. The van der Waals surface area contributed by atoms with Crippen LogP contribution in [-0.2, 0) is 6.54 Å². The minimum absolute atomic E-state index is 0.129. The maximum absolute atomic E-state index is 10.9. The molecule has 0 radical (unpaired) electrons. The Morgan fingerprint density at radius 1 is 1.41 bits per heavy atom. The van der Waals surface area contributed by atoms with Crippen LogP contribution < -0.4 is 5.32 Å². The van der Waals surface area contributed by atoms with Crippen LogP contribution in [-0.4, -0.2) is 26.0 Å². The molecule has 0 unspecified atom stereocenters. The SMILES string of the molecule is Cc1cnc(CNc2nccnc2C(=O)O)o1. The highest BCUT2D eigenvalue weighted by Crippen LogP contribution is 2.10. The Hall–Kier alpha value is -2.44. The van der Waals surface area contributed by atoms with Crippen molar-refractivity contribution in [2.75, 3.05) is 5.32 Å². The Balaban J connectivity index is 2.11. The second-order valence-electron chi connectivity index (χ2n) is 3.28. The van der Waals surface area contributed by atoms with Gasteiger partial charge in [0.05, 0.1) is 12.7 Å². The van der Waals surface area contributed by atoms with Crippen LogP contribution in [0.5, 0.6) is 0 Å². The monoisotopic (exact) mass is 234 g/mol. The van der Waals surface area contributed by atoms with Gasteiger partial charge in [-0.1, -0.05) is 0 Å². The molecule has 2 aromatic rings. The van der Waals surface area contributed by atoms with Gasteiger partial charge in [-0.2, -0.15) is 0 Å². The van der Waals surface area contributed by atoms with Crippen molar-refractivity contribution in [2.24, 2.45) is 0 Å². The van der Waals surface area contributed by atoms with E-state index in [0.29, 0.717) is 11.7 Å². The number of rotatable bonds is 4. The molecule has 88 valence electrons. The van der Waals surface area contributed by atoms with Crippen LogP contribution >= 0.6 is 0 Å². The molecule has 0 aliphatic heterocycles. The number of hydrogen-bond donors (Lipinski definition) is 2. The minimum atomic E-state index is -1.14. The van der Waals surface area contributed by atoms with Gasteiger partial charge < -0.3 is 14.8 Å². The van der Waals surface area contributed by atoms with Crippen molar-refractivity contribution in [3.8, 4) is 0 Å². The lowest BCUT2D eigenvalue weighted by atomic mass is 10.4. The fourth-order valence-electron chi connectivity index (χ4n) is 1.27. The van der Waals surface area contributed by atoms with E-state index >= 15 is 0 Å². The van der Waals surface area contributed by atoms with E-state index < -0.39 is 5.97 Å². The van der Waals surface area contributed by atoms with Crippen molar-refractivity contribution in [1.82, 2.24) is 15.0 Å². The lowest BCUT2D eigenvalue weighted by molar-refractivity contribution is 0.0691. The number of hydrogen-bond acceptors (Lipinski definition) is 6. The Bertz CT molecular complexity index is 538. The molecular formula is C10H10N4O3. The largest absolute Gasteiger partial charge is 0.476 e. The molecule has 2 aromatic heterocycles. The lowest BCUT2D eigenvalue weighted by Gasteiger charge is -2.04. The molecule has 0 aliphatic rings. The fourth-order valence-corrected chi connectivity index (χ4v) is 1.27. The quantitative estimate of drug-likeness (QED) is 0.816. The van der Waals surface area contributed by atoms with E-state index in [-0.39, 0.29) is 18.1 Å². The normalized spacial score (nSPS) is 10.2. The lowest BCUT2D eigenvalue weighted by Crippen LogP contribution is -2.10. The van der Waals surface area contributed by atoms with Gasteiger partial charge in [0, 0.05) is 12.4 Å². The maximum Gasteiger partial charge on any atom is 0.358 e. The van der Waals surface area contributed by atoms with Gasteiger partial charge in [0.1, 0.15) is 5.76 Å². The van der Waals surface area contributed by atoms with Crippen LogP contribution in [0.3, 0.4) is 0 Å². The number of carbonyl (C=O) groups is 1. The number of carboxylic acids is 1. The average Bonchev–Trinajstić information content (AvgIpc) is 2.73. The number of anilines is 1. The number of oxazole rings is 1. The molecule has 7 nitrogen and oxygen atoms in total. The van der Waals surface area contributed by atoms with Crippen LogP contribution in [0.2, 0.25) is 0 Å². The van der Waals surface area contributed by atoms with Gasteiger partial charge >= 0.3 is 5.97 Å². The molecule has 0 saturated carbocycles. The smallest absolute Gasteiger partial charge is 0.358 e. The molecule has 0 atom stereocenters. The van der Waals surface area contributed by atoms with Crippen LogP contribution in [0, 0.1) is 6.92 Å². The van der Waals surface area contributed by atoms with Crippen LogP contribution in [0.4, 0.5) is 5.82 Å². The molecule has 0 amide bonds. The van der Waals surface area contributed by atoms with Crippen LogP contribution in [0.15, 0.2) is 23.0 Å². The van der Waals surface area contributed by atoms with Crippen molar-refractivity contribution in [2.45, 2.75) is 13.5 Å². The molecule has 2 rings (SSSR count). The third kappa shape index (κ3) is 2.57. The Morgan fingerprint density at radius 3 is 2.82 bits per heavy atom. The number of carboxylic acid groups (broad SMARTS) is 1. The number of aromatic carboxylic acids is 1. The van der Waals surface area contributed by atoms with Gasteiger partial charge in [0.2, 0.25) is 5.89 Å². The van der Waals surface area contributed by atoms with E-state index in [2.05, 4.69) is 20.3 Å². The van der Waals surface area contributed by atoms with E-state index in [9.17, 15) is 4.79 Å². The number of aryl methyl sites for hydroxylation is 1. The van der Waals surface area contributed by atoms with Crippen LogP contribution in [0.25, 0.3) is 0 Å². The summed E-state index contributed by atoms with van der Waals surface area (Å²) < 4.78 is 5.24. The zero-order valence-corrected chi connectivity index (χ0v) is 9.04. The van der Waals surface area contributed by atoms with Gasteiger partial charge in [-0.3, -0.25) is 0 Å². The second kappa shape index (κ2) is 4.60. The van der Waals surface area contributed by atoms with Gasteiger partial charge in [0.15, 0.2) is 11.5 Å². The third-order valence-electron chi connectivity index (χ3n) is 1.98. The van der Waals surface area contributed by atoms with E-state index in [1.165, 1.54) is 12.4 Å². The summed E-state index contributed by atoms with van der Waals surface area (Å²) in [6, 6.07) is 0. The first-order valence-electron chi connectivity index (χ1n) is 4.86. The van der Waals surface area contributed by atoms with Crippen molar-refractivity contribution < 1.29 is 14.3 Å². The highest BCUT2D eigenvalue weighted by molar-refractivity contribution is 5.90. The molecular weight excluding hydrogens is 224 g/mol. The Kier molecular flexibility index (Phi) is 2.99. The van der Waals surface area contributed by atoms with Crippen molar-refractivity contribution in [3.63, 3.8) is 0 Å². The zero-order chi connectivity index (χ0) is 12.3. The Morgan fingerprint density at radius 2 is 2.18 bits per heavy atom. The highest BCUT2D eigenvalue weighted by atomic mass is 16.4. The fraction of sp³-hybridized carbons (Fsp3) is 0.200.